The number of alkyl halides is 5. The highest BCUT2D eigenvalue weighted by Gasteiger charge is 2.46. The zero-order valence-corrected chi connectivity index (χ0v) is 26.5. The van der Waals surface area contributed by atoms with E-state index in [4.69, 9.17) is 16.3 Å². The van der Waals surface area contributed by atoms with Gasteiger partial charge in [0.25, 0.3) is 11.7 Å². The van der Waals surface area contributed by atoms with Crippen LogP contribution in [0.2, 0.25) is 5.02 Å². The number of nitriles is 1. The van der Waals surface area contributed by atoms with E-state index in [1.165, 1.54) is 81.6 Å². The average molecular weight is 693 g/mol. The summed E-state index contributed by atoms with van der Waals surface area (Å²) in [5, 5.41) is 15.6. The normalized spacial score (nSPS) is 13.4. The molecule has 0 radical (unpaired) electrons. The number of hydrogen-bond donors (Lipinski definition) is 3. The fourth-order valence-electron chi connectivity index (χ4n) is 4.56. The zero-order chi connectivity index (χ0) is 35.8. The van der Waals surface area contributed by atoms with Gasteiger partial charge in [-0.3, -0.25) is 19.2 Å². The maximum absolute atomic E-state index is 15.3. The van der Waals surface area contributed by atoms with E-state index in [-0.39, 0.29) is 21.7 Å². The Bertz CT molecular complexity index is 1690. The Kier molecular flexibility index (Phi) is 12.2. The van der Waals surface area contributed by atoms with E-state index in [2.05, 4.69) is 5.32 Å². The van der Waals surface area contributed by atoms with Crippen LogP contribution in [0.3, 0.4) is 0 Å². The second-order valence-corrected chi connectivity index (χ2v) is 11.4. The summed E-state index contributed by atoms with van der Waals surface area (Å²) >= 11 is 5.83. The third-order valence-electron chi connectivity index (χ3n) is 7.11. The first kappa shape index (κ1) is 37.4. The van der Waals surface area contributed by atoms with Gasteiger partial charge in [0.05, 0.1) is 24.8 Å². The Balaban J connectivity index is 2.02. The third-order valence-corrected chi connectivity index (χ3v) is 7.35. The zero-order valence-electron chi connectivity index (χ0n) is 25.7. The van der Waals surface area contributed by atoms with Crippen LogP contribution in [0.1, 0.15) is 42.1 Å². The van der Waals surface area contributed by atoms with Gasteiger partial charge in [-0.15, -0.1) is 0 Å². The summed E-state index contributed by atoms with van der Waals surface area (Å²) < 4.78 is 75.7. The van der Waals surface area contributed by atoms with Gasteiger partial charge in [0.1, 0.15) is 17.8 Å². The first-order valence-corrected chi connectivity index (χ1v) is 14.6. The number of methoxy groups -OCH3 is 1. The molecule has 0 saturated heterocycles. The quantitative estimate of drug-likeness (QED) is 0.212. The molecule has 0 aliphatic heterocycles. The molecule has 0 aliphatic rings. The van der Waals surface area contributed by atoms with E-state index in [1.807, 2.05) is 16.7 Å². The fourth-order valence-corrected chi connectivity index (χ4v) is 4.75. The number of nitrogens with zero attached hydrogens (tertiary/aromatic N) is 1. The molecule has 3 atom stereocenters. The van der Waals surface area contributed by atoms with Crippen molar-refractivity contribution in [1.82, 2.24) is 16.0 Å². The molecular weight excluding hydrogens is 663 g/mol. The van der Waals surface area contributed by atoms with E-state index in [0.717, 1.165) is 12.1 Å². The lowest BCUT2D eigenvalue weighted by molar-refractivity contribution is -0.175. The average Bonchev–Trinajstić information content (AvgIpc) is 3.04. The number of nitrogens with one attached hydrogen (secondary N) is 3. The molecule has 3 N–H and O–H groups in total. The number of hydrogen-bond acceptors (Lipinski definition) is 6. The smallest absolute Gasteiger partial charge is 0.452 e. The van der Waals surface area contributed by atoms with Crippen LogP contribution in [-0.2, 0) is 31.5 Å². The van der Waals surface area contributed by atoms with E-state index >= 15 is 8.78 Å². The van der Waals surface area contributed by atoms with Crippen LogP contribution in [0.15, 0.2) is 72.8 Å². The van der Waals surface area contributed by atoms with Crippen molar-refractivity contribution in [1.29, 1.82) is 5.26 Å². The summed E-state index contributed by atoms with van der Waals surface area (Å²) in [6.07, 6.45) is -5.74. The van der Waals surface area contributed by atoms with Crippen LogP contribution in [0.25, 0.3) is 0 Å². The van der Waals surface area contributed by atoms with Crippen molar-refractivity contribution in [2.24, 2.45) is 5.92 Å². The number of ketones is 1. The lowest BCUT2D eigenvalue weighted by atomic mass is 9.97. The van der Waals surface area contributed by atoms with Crippen molar-refractivity contribution < 1.29 is 45.9 Å². The molecule has 0 fully saturated rings. The molecule has 15 heteroatoms. The minimum atomic E-state index is -5.29. The van der Waals surface area contributed by atoms with E-state index < -0.39 is 71.6 Å². The Hall–Kier alpha value is -5.03. The Morgan fingerprint density at radius 3 is 2.08 bits per heavy atom. The summed E-state index contributed by atoms with van der Waals surface area (Å²) in [6.45, 7) is 2.55. The summed E-state index contributed by atoms with van der Waals surface area (Å²) in [5.74, 6) is -11.4. The molecule has 0 spiro atoms. The first-order chi connectivity index (χ1) is 22.5. The minimum Gasteiger partial charge on any atom is -0.497 e. The van der Waals surface area contributed by atoms with Crippen LogP contribution in [0, 0.1) is 17.2 Å². The van der Waals surface area contributed by atoms with Crippen LogP contribution in [0.4, 0.5) is 22.0 Å². The van der Waals surface area contributed by atoms with Gasteiger partial charge in [0.2, 0.25) is 11.8 Å². The Morgan fingerprint density at radius 1 is 0.875 bits per heavy atom. The SMILES string of the molecule is COc1ccc(C(NC(=O)C(Cc2cccc(C#N)c2)NC(=O)C(F)(F)c2cccc(Cl)c2)C(=O)N[C@H](C(=O)C(F)(F)F)C(C)C)cc1. The molecule has 2 unspecified atom stereocenters. The van der Waals surface area contributed by atoms with Crippen LogP contribution in [-0.4, -0.2) is 48.9 Å². The molecule has 0 saturated carbocycles. The van der Waals surface area contributed by atoms with Crippen LogP contribution in [0.5, 0.6) is 5.75 Å². The Morgan fingerprint density at radius 2 is 1.52 bits per heavy atom. The molecule has 0 aromatic heterocycles. The van der Waals surface area contributed by atoms with Crippen molar-refractivity contribution in [3.63, 3.8) is 0 Å². The van der Waals surface area contributed by atoms with Crippen LogP contribution >= 0.6 is 11.6 Å². The van der Waals surface area contributed by atoms with Crippen molar-refractivity contribution in [2.75, 3.05) is 7.11 Å². The van der Waals surface area contributed by atoms with Crippen molar-refractivity contribution in [2.45, 2.75) is 50.5 Å². The predicted molar refractivity (Wildman–Crippen MR) is 164 cm³/mol. The number of amides is 3. The highest BCUT2D eigenvalue weighted by atomic mass is 35.5. The lowest BCUT2D eigenvalue weighted by Crippen LogP contribution is -2.56. The lowest BCUT2D eigenvalue weighted by Gasteiger charge is -2.28. The van der Waals surface area contributed by atoms with Crippen molar-refractivity contribution in [3.05, 3.63) is 100 Å². The molecule has 254 valence electrons. The largest absolute Gasteiger partial charge is 0.497 e. The van der Waals surface area contributed by atoms with Gasteiger partial charge >= 0.3 is 12.1 Å². The minimum absolute atomic E-state index is 0.0180. The number of carbonyl (C=O) groups excluding carboxylic acids is 4. The molecule has 0 heterocycles. The molecular formula is C33H30ClF5N4O5. The summed E-state index contributed by atoms with van der Waals surface area (Å²) in [7, 11) is 1.35. The molecule has 3 aromatic rings. The predicted octanol–water partition coefficient (Wildman–Crippen LogP) is 5.17. The summed E-state index contributed by atoms with van der Waals surface area (Å²) in [4.78, 5) is 52.4. The molecule has 3 amide bonds. The second-order valence-electron chi connectivity index (χ2n) is 10.9. The highest BCUT2D eigenvalue weighted by molar-refractivity contribution is 6.30. The summed E-state index contributed by atoms with van der Waals surface area (Å²) in [6, 6.07) is 11.7. The molecule has 3 aromatic carbocycles. The van der Waals surface area contributed by atoms with Gasteiger partial charge in [-0.25, -0.2) is 0 Å². The molecule has 9 nitrogen and oxygen atoms in total. The standard InChI is InChI=1S/C33H30ClF5N4O5/c1-18(2)26(28(44)33(37,38)39)42-30(46)27(21-10-12-24(48-3)13-11-21)43-29(45)25(15-19-6-4-7-20(14-19)17-40)41-31(47)32(35,36)22-8-5-9-23(34)16-22/h4-14,16,18,25-27H,15H2,1-3H3,(H,41,47)(H,42,46)(H,43,45)/t25?,26-,27?/m0/s1. The van der Waals surface area contributed by atoms with E-state index in [0.29, 0.717) is 5.75 Å². The fraction of sp³-hybridized carbons (Fsp3) is 0.303. The Labute approximate surface area is 277 Å². The molecule has 0 aliphatic carbocycles. The van der Waals surface area contributed by atoms with Gasteiger partial charge < -0.3 is 20.7 Å². The second kappa shape index (κ2) is 15.7. The van der Waals surface area contributed by atoms with Gasteiger partial charge in [-0.1, -0.05) is 61.8 Å². The number of Topliss-reactive ketones (excluding diaryl/α,β-unsaturated/α-hetero) is 1. The molecule has 0 bridgehead atoms. The maximum atomic E-state index is 15.3. The number of carbonyl (C=O) groups is 4. The molecule has 48 heavy (non-hydrogen) atoms. The number of rotatable bonds is 13. The monoisotopic (exact) mass is 692 g/mol. The van der Waals surface area contributed by atoms with Crippen molar-refractivity contribution >= 4 is 35.1 Å². The van der Waals surface area contributed by atoms with Crippen LogP contribution < -0.4 is 20.7 Å². The van der Waals surface area contributed by atoms with Gasteiger partial charge in [0.15, 0.2) is 0 Å². The maximum Gasteiger partial charge on any atom is 0.452 e. The topological polar surface area (TPSA) is 137 Å². The molecule has 3 rings (SSSR count). The third kappa shape index (κ3) is 9.51. The van der Waals surface area contributed by atoms with E-state index in [9.17, 15) is 37.6 Å². The van der Waals surface area contributed by atoms with Crippen molar-refractivity contribution in [3.8, 4) is 11.8 Å². The first-order valence-electron chi connectivity index (χ1n) is 14.3. The van der Waals surface area contributed by atoms with Gasteiger partial charge in [0, 0.05) is 17.0 Å². The highest BCUT2D eigenvalue weighted by Crippen LogP contribution is 2.30. The van der Waals surface area contributed by atoms with Gasteiger partial charge in [-0.05, 0) is 53.4 Å². The van der Waals surface area contributed by atoms with Gasteiger partial charge in [-0.2, -0.15) is 27.2 Å². The number of benzene rings is 3. The number of ether oxygens (including phenoxy) is 1. The number of halogens is 6. The summed E-state index contributed by atoms with van der Waals surface area (Å²) in [5.41, 5.74) is -0.333. The van der Waals surface area contributed by atoms with E-state index in [1.54, 1.807) is 0 Å².